The number of carbonyl (C=O) groups is 2. The van der Waals surface area contributed by atoms with E-state index in [0.717, 1.165) is 93.7 Å². The number of ether oxygens (including phenoxy) is 2. The molecule has 0 aliphatic carbocycles. The first-order valence-corrected chi connectivity index (χ1v) is 15.5. The van der Waals surface area contributed by atoms with Gasteiger partial charge in [0.05, 0.1) is 4.91 Å². The predicted molar refractivity (Wildman–Crippen MR) is 170 cm³/mol. The maximum Gasteiger partial charge on any atom is 0.290 e. The molecule has 4 aromatic rings. The molecule has 7 nitrogen and oxygen atoms in total. The van der Waals surface area contributed by atoms with Gasteiger partial charge in [0.1, 0.15) is 36.1 Å². The van der Waals surface area contributed by atoms with E-state index in [1.54, 1.807) is 6.08 Å². The Morgan fingerprint density at radius 1 is 0.977 bits per heavy atom. The van der Waals surface area contributed by atoms with Gasteiger partial charge in [-0.15, -0.1) is 0 Å². The maximum atomic E-state index is 11.8. The lowest BCUT2D eigenvalue weighted by molar-refractivity contribution is -0.115. The molecule has 3 heterocycles. The molecule has 2 aliphatic heterocycles. The highest BCUT2D eigenvalue weighted by Gasteiger charge is 2.29. The van der Waals surface area contributed by atoms with Gasteiger partial charge < -0.3 is 13.9 Å². The molecule has 2 saturated heterocycles. The van der Waals surface area contributed by atoms with Crippen molar-refractivity contribution < 1.29 is 23.5 Å². The van der Waals surface area contributed by atoms with Crippen LogP contribution < -0.4 is 14.8 Å². The maximum absolute atomic E-state index is 11.8. The Kier molecular flexibility index (Phi) is 8.32. The predicted octanol–water partition coefficient (Wildman–Crippen LogP) is 7.61. The van der Waals surface area contributed by atoms with E-state index in [1.165, 1.54) is 5.56 Å². The van der Waals surface area contributed by atoms with E-state index in [-0.39, 0.29) is 17.2 Å². The average Bonchev–Trinajstić information content (AvgIpc) is 3.68. The molecule has 8 heteroatoms. The molecule has 0 spiro atoms. The van der Waals surface area contributed by atoms with Crippen molar-refractivity contribution in [2.45, 2.75) is 59.7 Å². The fourth-order valence-electron chi connectivity index (χ4n) is 6.03. The van der Waals surface area contributed by atoms with Gasteiger partial charge in [-0.3, -0.25) is 19.8 Å². The number of nitrogens with zero attached hydrogens (tertiary/aromatic N) is 1. The summed E-state index contributed by atoms with van der Waals surface area (Å²) in [6.45, 7) is 11.4. The highest BCUT2D eigenvalue weighted by Crippen LogP contribution is 2.40. The van der Waals surface area contributed by atoms with E-state index >= 15 is 0 Å². The molecule has 2 amide bonds. The molecule has 1 N–H and O–H groups in total. The van der Waals surface area contributed by atoms with Crippen LogP contribution >= 0.6 is 11.8 Å². The molecule has 2 aliphatic rings. The van der Waals surface area contributed by atoms with Gasteiger partial charge in [-0.2, -0.15) is 0 Å². The Morgan fingerprint density at radius 3 is 2.47 bits per heavy atom. The van der Waals surface area contributed by atoms with Crippen LogP contribution in [0, 0.1) is 27.7 Å². The number of amides is 2. The van der Waals surface area contributed by atoms with Gasteiger partial charge in [0.15, 0.2) is 0 Å². The second-order valence-electron chi connectivity index (χ2n) is 11.3. The van der Waals surface area contributed by atoms with E-state index in [4.69, 9.17) is 13.9 Å². The lowest BCUT2D eigenvalue weighted by Gasteiger charge is -2.25. The number of furan rings is 1. The highest BCUT2D eigenvalue weighted by atomic mass is 32.2. The van der Waals surface area contributed by atoms with Crippen LogP contribution in [-0.2, 0) is 17.9 Å². The molecule has 1 aromatic heterocycles. The van der Waals surface area contributed by atoms with Gasteiger partial charge in [-0.05, 0) is 99.3 Å². The van der Waals surface area contributed by atoms with Crippen LogP contribution in [-0.4, -0.2) is 35.2 Å². The van der Waals surface area contributed by atoms with Crippen LogP contribution in [0.3, 0.4) is 0 Å². The number of benzene rings is 3. The van der Waals surface area contributed by atoms with Crippen LogP contribution in [0.4, 0.5) is 4.79 Å². The third-order valence-electron chi connectivity index (χ3n) is 8.52. The summed E-state index contributed by atoms with van der Waals surface area (Å²) in [6, 6.07) is 18.2. The summed E-state index contributed by atoms with van der Waals surface area (Å²) in [5, 5.41) is 3.10. The number of hydrogen-bond acceptors (Lipinski definition) is 7. The van der Waals surface area contributed by atoms with Gasteiger partial charge in [-0.1, -0.05) is 42.5 Å². The van der Waals surface area contributed by atoms with Gasteiger partial charge in [0, 0.05) is 29.1 Å². The van der Waals surface area contributed by atoms with Crippen LogP contribution in [0.2, 0.25) is 0 Å². The van der Waals surface area contributed by atoms with Gasteiger partial charge in [0.25, 0.3) is 11.1 Å². The standard InChI is InChI=1S/C35H36N2O5S/c1-21-22(2)33-31(23(3)32(21)41-19-26-9-6-5-7-10-26)29(24(4)42-33)18-37-16-8-11-27(37)20-40-28-14-12-25(13-15-28)17-30-34(38)36-35(39)43-30/h5-7,9-10,12-15,17,27H,8,11,16,18-20H2,1-4H3,(H,36,38,39)/b30-17+. The zero-order valence-electron chi connectivity index (χ0n) is 25.0. The molecule has 222 valence electrons. The molecule has 1 unspecified atom stereocenters. The van der Waals surface area contributed by atoms with E-state index in [0.29, 0.717) is 18.1 Å². The van der Waals surface area contributed by atoms with Crippen molar-refractivity contribution in [1.29, 1.82) is 0 Å². The van der Waals surface area contributed by atoms with Crippen molar-refractivity contribution in [1.82, 2.24) is 10.2 Å². The topological polar surface area (TPSA) is 81.0 Å². The number of aryl methyl sites for hydroxylation is 3. The summed E-state index contributed by atoms with van der Waals surface area (Å²) in [7, 11) is 0. The van der Waals surface area contributed by atoms with Crippen molar-refractivity contribution >= 4 is 40.0 Å². The number of hydrogen-bond donors (Lipinski definition) is 1. The van der Waals surface area contributed by atoms with Crippen LogP contribution in [0.25, 0.3) is 17.0 Å². The minimum atomic E-state index is -0.353. The normalized spacial score (nSPS) is 18.1. The Hall–Kier alpha value is -4.01. The van der Waals surface area contributed by atoms with E-state index < -0.39 is 0 Å². The molecular weight excluding hydrogens is 560 g/mol. The Balaban J connectivity index is 1.16. The lowest BCUT2D eigenvalue weighted by Crippen LogP contribution is -2.33. The van der Waals surface area contributed by atoms with Crippen molar-refractivity contribution in [3.63, 3.8) is 0 Å². The molecule has 6 rings (SSSR count). The largest absolute Gasteiger partial charge is 0.492 e. The van der Waals surface area contributed by atoms with Crippen molar-refractivity contribution in [3.8, 4) is 11.5 Å². The average molecular weight is 597 g/mol. The number of nitrogens with one attached hydrogen (secondary N) is 1. The number of thioether (sulfide) groups is 1. The smallest absolute Gasteiger partial charge is 0.290 e. The summed E-state index contributed by atoms with van der Waals surface area (Å²) in [5.41, 5.74) is 7.53. The summed E-state index contributed by atoms with van der Waals surface area (Å²) < 4.78 is 19.0. The second-order valence-corrected chi connectivity index (χ2v) is 12.3. The fourth-order valence-corrected chi connectivity index (χ4v) is 6.71. The zero-order valence-corrected chi connectivity index (χ0v) is 25.8. The van der Waals surface area contributed by atoms with Gasteiger partial charge in [0.2, 0.25) is 0 Å². The van der Waals surface area contributed by atoms with Gasteiger partial charge >= 0.3 is 0 Å². The third-order valence-corrected chi connectivity index (χ3v) is 9.33. The molecule has 3 aromatic carbocycles. The number of fused-ring (bicyclic) bond motifs is 1. The minimum Gasteiger partial charge on any atom is -0.492 e. The minimum absolute atomic E-state index is 0.288. The number of rotatable bonds is 9. The number of carbonyl (C=O) groups excluding carboxylic acids is 2. The molecule has 0 saturated carbocycles. The zero-order chi connectivity index (χ0) is 30.1. The van der Waals surface area contributed by atoms with E-state index in [2.05, 4.69) is 50.0 Å². The van der Waals surface area contributed by atoms with E-state index in [9.17, 15) is 9.59 Å². The SMILES string of the molecule is Cc1oc2c(C)c(C)c(OCc3ccccc3)c(C)c2c1CN1CCCC1COc1ccc(/C=C2/SC(=O)NC2=O)cc1. The fraction of sp³-hybridized carbons (Fsp3) is 0.314. The van der Waals surface area contributed by atoms with Crippen molar-refractivity contribution in [2.24, 2.45) is 0 Å². The van der Waals surface area contributed by atoms with Crippen LogP contribution in [0.15, 0.2) is 63.9 Å². The van der Waals surface area contributed by atoms with Crippen molar-refractivity contribution in [3.05, 3.63) is 98.6 Å². The third kappa shape index (κ3) is 6.08. The summed E-state index contributed by atoms with van der Waals surface area (Å²) in [5.74, 6) is 2.32. The Bertz CT molecular complexity index is 1710. The summed E-state index contributed by atoms with van der Waals surface area (Å²) >= 11 is 0.918. The first-order chi connectivity index (χ1) is 20.8. The van der Waals surface area contributed by atoms with Gasteiger partial charge in [-0.25, -0.2) is 0 Å². The molecule has 1 atom stereocenters. The quantitative estimate of drug-likeness (QED) is 0.199. The first-order valence-electron chi connectivity index (χ1n) is 14.7. The second kappa shape index (κ2) is 12.3. The van der Waals surface area contributed by atoms with E-state index in [1.807, 2.05) is 42.5 Å². The Labute approximate surface area is 256 Å². The number of imide groups is 1. The van der Waals surface area contributed by atoms with Crippen molar-refractivity contribution in [2.75, 3.05) is 13.2 Å². The lowest BCUT2D eigenvalue weighted by atomic mass is 9.97. The van der Waals surface area contributed by atoms with Crippen LogP contribution in [0.1, 0.15) is 52.0 Å². The van der Waals surface area contributed by atoms with Crippen LogP contribution in [0.5, 0.6) is 11.5 Å². The number of likely N-dealkylation sites (tertiary alicyclic amines) is 1. The summed E-state index contributed by atoms with van der Waals surface area (Å²) in [6.07, 6.45) is 3.91. The summed E-state index contributed by atoms with van der Waals surface area (Å²) in [4.78, 5) is 26.2. The molecule has 0 radical (unpaired) electrons. The first kappa shape index (κ1) is 29.1. The monoisotopic (exact) mass is 596 g/mol. The molecule has 43 heavy (non-hydrogen) atoms. The molecular formula is C35H36N2O5S. The molecule has 0 bridgehead atoms. The Morgan fingerprint density at radius 2 is 1.74 bits per heavy atom. The molecule has 2 fully saturated rings. The highest BCUT2D eigenvalue weighted by molar-refractivity contribution is 8.18.